The molecule has 1 fully saturated rings. The Morgan fingerprint density at radius 3 is 2.61 bits per heavy atom. The molecule has 1 amide bonds. The summed E-state index contributed by atoms with van der Waals surface area (Å²) < 4.78 is 20.5. The molecular formula is C21H20FN3O3. The van der Waals surface area contributed by atoms with Gasteiger partial charge in [0.2, 0.25) is 5.91 Å². The summed E-state index contributed by atoms with van der Waals surface area (Å²) in [6.07, 6.45) is 1.46. The summed E-state index contributed by atoms with van der Waals surface area (Å²) >= 11 is 0. The fraction of sp³-hybridized carbons (Fsp3) is 0.238. The van der Waals surface area contributed by atoms with Gasteiger partial charge in [-0.3, -0.25) is 14.2 Å². The van der Waals surface area contributed by atoms with E-state index in [9.17, 15) is 14.0 Å². The number of nitrogens with one attached hydrogen (secondary N) is 1. The molecule has 4 rings (SSSR count). The van der Waals surface area contributed by atoms with Gasteiger partial charge in [0, 0.05) is 31.6 Å². The lowest BCUT2D eigenvalue weighted by molar-refractivity contribution is 0.0941. The van der Waals surface area contributed by atoms with Crippen LogP contribution in [0.1, 0.15) is 22.1 Å². The summed E-state index contributed by atoms with van der Waals surface area (Å²) in [6, 6.07) is 11.6. The van der Waals surface area contributed by atoms with Gasteiger partial charge in [-0.1, -0.05) is 12.1 Å². The number of carbonyl (C=O) groups excluding carboxylic acids is 2. The van der Waals surface area contributed by atoms with Gasteiger partial charge in [0.05, 0.1) is 35.7 Å². The zero-order valence-corrected chi connectivity index (χ0v) is 15.4. The number of amides is 1. The molecule has 0 bridgehead atoms. The first kappa shape index (κ1) is 18.2. The Labute approximate surface area is 161 Å². The zero-order valence-electron chi connectivity index (χ0n) is 15.4. The summed E-state index contributed by atoms with van der Waals surface area (Å²) in [4.78, 5) is 27.1. The average Bonchev–Trinajstić information content (AvgIpc) is 3.08. The number of para-hydroxylation sites is 2. The SMILES string of the molecule is CC(=O)n1cc(C(=O)Nc2ccccc2N2CCOCC2)c2cc(F)ccc21. The van der Waals surface area contributed by atoms with Crippen LogP contribution in [0, 0.1) is 5.82 Å². The number of fused-ring (bicyclic) bond motifs is 1. The number of benzene rings is 2. The van der Waals surface area contributed by atoms with E-state index in [2.05, 4.69) is 10.2 Å². The number of rotatable bonds is 3. The molecule has 2 aromatic carbocycles. The molecular weight excluding hydrogens is 361 g/mol. The third-order valence-corrected chi connectivity index (χ3v) is 4.85. The maximum atomic E-state index is 13.8. The third-order valence-electron chi connectivity index (χ3n) is 4.85. The Hall–Kier alpha value is -3.19. The highest BCUT2D eigenvalue weighted by Crippen LogP contribution is 2.29. The highest BCUT2D eigenvalue weighted by atomic mass is 19.1. The largest absolute Gasteiger partial charge is 0.378 e. The minimum Gasteiger partial charge on any atom is -0.378 e. The van der Waals surface area contributed by atoms with Crippen molar-refractivity contribution >= 4 is 34.1 Å². The van der Waals surface area contributed by atoms with Gasteiger partial charge in [-0.2, -0.15) is 0 Å². The third kappa shape index (κ3) is 3.36. The van der Waals surface area contributed by atoms with Gasteiger partial charge in [0.1, 0.15) is 5.82 Å². The van der Waals surface area contributed by atoms with Crippen LogP contribution in [0.5, 0.6) is 0 Å². The molecule has 0 unspecified atom stereocenters. The molecule has 0 aliphatic carbocycles. The second-order valence-electron chi connectivity index (χ2n) is 6.66. The smallest absolute Gasteiger partial charge is 0.257 e. The lowest BCUT2D eigenvalue weighted by Gasteiger charge is -2.30. The molecule has 0 radical (unpaired) electrons. The van der Waals surface area contributed by atoms with Crippen molar-refractivity contribution < 1.29 is 18.7 Å². The van der Waals surface area contributed by atoms with E-state index in [4.69, 9.17) is 4.74 Å². The van der Waals surface area contributed by atoms with Crippen molar-refractivity contribution in [2.24, 2.45) is 0 Å². The van der Waals surface area contributed by atoms with Gasteiger partial charge < -0.3 is 15.0 Å². The summed E-state index contributed by atoms with van der Waals surface area (Å²) in [5.74, 6) is -1.10. The van der Waals surface area contributed by atoms with Crippen LogP contribution in [-0.4, -0.2) is 42.7 Å². The number of anilines is 2. The van der Waals surface area contributed by atoms with E-state index in [-0.39, 0.29) is 11.5 Å². The Morgan fingerprint density at radius 2 is 1.86 bits per heavy atom. The summed E-state index contributed by atoms with van der Waals surface area (Å²) in [5, 5.41) is 3.32. The molecule has 3 aromatic rings. The Balaban J connectivity index is 1.70. The average molecular weight is 381 g/mol. The van der Waals surface area contributed by atoms with Crippen LogP contribution in [0.4, 0.5) is 15.8 Å². The van der Waals surface area contributed by atoms with E-state index in [0.717, 1.165) is 18.8 Å². The molecule has 1 aliphatic rings. The van der Waals surface area contributed by atoms with Gasteiger partial charge in [0.15, 0.2) is 0 Å². The van der Waals surface area contributed by atoms with Crippen molar-refractivity contribution in [3.05, 3.63) is 60.0 Å². The first-order valence-corrected chi connectivity index (χ1v) is 9.09. The topological polar surface area (TPSA) is 63.6 Å². The van der Waals surface area contributed by atoms with Crippen molar-refractivity contribution in [3.63, 3.8) is 0 Å². The number of halogens is 1. The van der Waals surface area contributed by atoms with Crippen LogP contribution in [0.3, 0.4) is 0 Å². The van der Waals surface area contributed by atoms with Crippen LogP contribution in [0.25, 0.3) is 10.9 Å². The highest BCUT2D eigenvalue weighted by Gasteiger charge is 2.20. The van der Waals surface area contributed by atoms with Crippen molar-refractivity contribution in [1.82, 2.24) is 4.57 Å². The number of aromatic nitrogens is 1. The molecule has 7 heteroatoms. The Morgan fingerprint density at radius 1 is 1.11 bits per heavy atom. The molecule has 6 nitrogen and oxygen atoms in total. The standard InChI is InChI=1S/C21H20FN3O3/c1-14(26)25-13-17(16-12-15(22)6-7-19(16)25)21(27)23-18-4-2-3-5-20(18)24-8-10-28-11-9-24/h2-7,12-13H,8-11H2,1H3,(H,23,27). The first-order valence-electron chi connectivity index (χ1n) is 9.09. The Bertz CT molecular complexity index is 1050. The quantitative estimate of drug-likeness (QED) is 0.754. The van der Waals surface area contributed by atoms with Crippen molar-refractivity contribution in [2.45, 2.75) is 6.92 Å². The number of morpholine rings is 1. The number of nitrogens with zero attached hydrogens (tertiary/aromatic N) is 2. The van der Waals surface area contributed by atoms with Crippen LogP contribution in [-0.2, 0) is 4.74 Å². The minimum absolute atomic E-state index is 0.246. The van der Waals surface area contributed by atoms with E-state index in [1.54, 1.807) is 0 Å². The monoisotopic (exact) mass is 381 g/mol. The molecule has 0 atom stereocenters. The summed E-state index contributed by atoms with van der Waals surface area (Å²) in [5.41, 5.74) is 2.32. The minimum atomic E-state index is -0.462. The molecule has 1 aliphatic heterocycles. The summed E-state index contributed by atoms with van der Waals surface area (Å²) in [6.45, 7) is 4.14. The lowest BCUT2D eigenvalue weighted by atomic mass is 10.1. The zero-order chi connectivity index (χ0) is 19.7. The van der Waals surface area contributed by atoms with Crippen molar-refractivity contribution in [3.8, 4) is 0 Å². The fourth-order valence-corrected chi connectivity index (χ4v) is 3.49. The molecule has 2 heterocycles. The van der Waals surface area contributed by atoms with E-state index in [1.165, 1.54) is 35.9 Å². The van der Waals surface area contributed by atoms with Gasteiger partial charge in [-0.25, -0.2) is 4.39 Å². The fourth-order valence-electron chi connectivity index (χ4n) is 3.49. The van der Waals surface area contributed by atoms with Gasteiger partial charge >= 0.3 is 0 Å². The molecule has 1 N–H and O–H groups in total. The molecule has 144 valence electrons. The second kappa shape index (κ2) is 7.44. The number of hydrogen-bond acceptors (Lipinski definition) is 4. The predicted molar refractivity (Wildman–Crippen MR) is 106 cm³/mol. The van der Waals surface area contributed by atoms with Crippen LogP contribution < -0.4 is 10.2 Å². The number of hydrogen-bond donors (Lipinski definition) is 1. The summed E-state index contributed by atoms with van der Waals surface area (Å²) in [7, 11) is 0. The van der Waals surface area contributed by atoms with E-state index in [1.807, 2.05) is 24.3 Å². The predicted octanol–water partition coefficient (Wildman–Crippen LogP) is 3.53. The lowest BCUT2D eigenvalue weighted by Crippen LogP contribution is -2.36. The maximum absolute atomic E-state index is 13.8. The van der Waals surface area contributed by atoms with Crippen molar-refractivity contribution in [2.75, 3.05) is 36.5 Å². The number of ether oxygens (including phenoxy) is 1. The normalized spacial score (nSPS) is 14.3. The first-order chi connectivity index (χ1) is 13.5. The van der Waals surface area contributed by atoms with Gasteiger partial charge in [-0.05, 0) is 30.3 Å². The second-order valence-corrected chi connectivity index (χ2v) is 6.66. The number of carbonyl (C=O) groups is 2. The maximum Gasteiger partial charge on any atom is 0.257 e. The molecule has 28 heavy (non-hydrogen) atoms. The van der Waals surface area contributed by atoms with Crippen LogP contribution in [0.2, 0.25) is 0 Å². The molecule has 1 aromatic heterocycles. The van der Waals surface area contributed by atoms with Crippen LogP contribution >= 0.6 is 0 Å². The van der Waals surface area contributed by atoms with E-state index >= 15 is 0 Å². The highest BCUT2D eigenvalue weighted by molar-refractivity contribution is 6.15. The van der Waals surface area contributed by atoms with Crippen molar-refractivity contribution in [1.29, 1.82) is 0 Å². The van der Waals surface area contributed by atoms with Crippen LogP contribution in [0.15, 0.2) is 48.7 Å². The van der Waals surface area contributed by atoms with E-state index < -0.39 is 11.7 Å². The van der Waals surface area contributed by atoms with Gasteiger partial charge in [0.25, 0.3) is 5.91 Å². The van der Waals surface area contributed by atoms with E-state index in [0.29, 0.717) is 29.8 Å². The van der Waals surface area contributed by atoms with Gasteiger partial charge in [-0.15, -0.1) is 0 Å². The molecule has 1 saturated heterocycles. The molecule has 0 spiro atoms. The Kier molecular flexibility index (Phi) is 4.83. The molecule has 0 saturated carbocycles.